The maximum Gasteiger partial charge on any atom is 0.407 e. The summed E-state index contributed by atoms with van der Waals surface area (Å²) in [6.45, 7) is 5.90. The number of nitrogens with one attached hydrogen (secondary N) is 3. The van der Waals surface area contributed by atoms with Gasteiger partial charge in [-0.15, -0.1) is 0 Å². The van der Waals surface area contributed by atoms with Crippen molar-refractivity contribution in [1.82, 2.24) is 10.6 Å². The Bertz CT molecular complexity index is 1110. The van der Waals surface area contributed by atoms with Gasteiger partial charge in [0.05, 0.1) is 0 Å². The molecule has 3 N–H and O–H groups in total. The third kappa shape index (κ3) is 7.06. The molecule has 2 amide bonds. The molecular weight excluding hydrogens is 426 g/mol. The predicted octanol–water partition coefficient (Wildman–Crippen LogP) is 5.28. The largest absolute Gasteiger partial charge is 0.444 e. The molecule has 0 unspecified atom stereocenters. The topological polar surface area (TPSA) is 79.5 Å². The van der Waals surface area contributed by atoms with Crippen LogP contribution in [0, 0.1) is 0 Å². The van der Waals surface area contributed by atoms with E-state index in [0.717, 1.165) is 22.0 Å². The van der Waals surface area contributed by atoms with Gasteiger partial charge in [-0.05, 0) is 75.5 Å². The number of hydrogen-bond acceptors (Lipinski definition) is 4. The fourth-order valence-corrected chi connectivity index (χ4v) is 3.97. The van der Waals surface area contributed by atoms with Gasteiger partial charge in [0.25, 0.3) is 0 Å². The van der Waals surface area contributed by atoms with Gasteiger partial charge in [0.1, 0.15) is 11.1 Å². The van der Waals surface area contributed by atoms with E-state index in [1.165, 1.54) is 0 Å². The number of benzene rings is 3. The van der Waals surface area contributed by atoms with Crippen LogP contribution in [0.15, 0.2) is 72.8 Å². The van der Waals surface area contributed by atoms with Gasteiger partial charge < -0.3 is 20.7 Å². The highest BCUT2D eigenvalue weighted by molar-refractivity contribution is 6.00. The Labute approximate surface area is 202 Å². The van der Waals surface area contributed by atoms with Crippen molar-refractivity contribution in [3.05, 3.63) is 78.4 Å². The van der Waals surface area contributed by atoms with Crippen molar-refractivity contribution >= 4 is 28.5 Å². The minimum atomic E-state index is -0.845. The monoisotopic (exact) mass is 461 g/mol. The molecule has 0 saturated heterocycles. The SMILES string of the molecule is CN[C@](CCCNC(=O)OC(C)(C)C)(Cc1ccccc1)C(=O)Nc1ccc2ccccc2c1. The first-order valence-corrected chi connectivity index (χ1v) is 11.7. The van der Waals surface area contributed by atoms with Crippen LogP contribution in [-0.2, 0) is 16.0 Å². The predicted molar refractivity (Wildman–Crippen MR) is 138 cm³/mol. The van der Waals surface area contributed by atoms with Crippen molar-refractivity contribution in [2.75, 3.05) is 18.9 Å². The van der Waals surface area contributed by atoms with Gasteiger partial charge in [0.15, 0.2) is 0 Å². The highest BCUT2D eigenvalue weighted by atomic mass is 16.6. The Morgan fingerprint density at radius 2 is 1.56 bits per heavy atom. The number of carbonyl (C=O) groups excluding carboxylic acids is 2. The Morgan fingerprint density at radius 3 is 2.24 bits per heavy atom. The van der Waals surface area contributed by atoms with Crippen LogP contribution in [-0.4, -0.2) is 36.7 Å². The quantitative estimate of drug-likeness (QED) is 0.379. The molecule has 34 heavy (non-hydrogen) atoms. The number of anilines is 1. The molecule has 0 saturated carbocycles. The first-order valence-electron chi connectivity index (χ1n) is 11.7. The number of ether oxygens (including phenoxy) is 1. The molecule has 0 aliphatic heterocycles. The lowest BCUT2D eigenvalue weighted by atomic mass is 9.85. The van der Waals surface area contributed by atoms with Crippen molar-refractivity contribution in [2.24, 2.45) is 0 Å². The standard InChI is InChI=1S/C28H35N3O3/c1-27(2,3)34-26(33)30-18-10-17-28(29-4,20-21-11-6-5-7-12-21)25(32)31-24-16-15-22-13-8-9-14-23(22)19-24/h5-9,11-16,19,29H,10,17-18,20H2,1-4H3,(H,30,33)(H,31,32)/t28-/m1/s1. The summed E-state index contributed by atoms with van der Waals surface area (Å²) in [7, 11) is 1.81. The van der Waals surface area contributed by atoms with Crippen molar-refractivity contribution in [3.8, 4) is 0 Å². The van der Waals surface area contributed by atoms with Crippen molar-refractivity contribution in [2.45, 2.75) is 51.2 Å². The second-order valence-electron chi connectivity index (χ2n) is 9.54. The Morgan fingerprint density at radius 1 is 0.882 bits per heavy atom. The highest BCUT2D eigenvalue weighted by Gasteiger charge is 2.36. The third-order valence-corrected chi connectivity index (χ3v) is 5.72. The van der Waals surface area contributed by atoms with E-state index in [1.54, 1.807) is 0 Å². The van der Waals surface area contributed by atoms with Crippen LogP contribution in [0.4, 0.5) is 10.5 Å². The molecule has 0 aromatic heterocycles. The van der Waals surface area contributed by atoms with Gasteiger partial charge in [-0.25, -0.2) is 4.79 Å². The molecule has 0 bridgehead atoms. The zero-order valence-electron chi connectivity index (χ0n) is 20.5. The Kier molecular flexibility index (Phi) is 8.29. The van der Waals surface area contributed by atoms with Crippen LogP contribution < -0.4 is 16.0 Å². The summed E-state index contributed by atoms with van der Waals surface area (Å²) < 4.78 is 5.31. The summed E-state index contributed by atoms with van der Waals surface area (Å²) in [6, 6.07) is 23.9. The third-order valence-electron chi connectivity index (χ3n) is 5.72. The van der Waals surface area contributed by atoms with E-state index in [1.807, 2.05) is 101 Å². The van der Waals surface area contributed by atoms with E-state index < -0.39 is 17.2 Å². The normalized spacial score (nSPS) is 13.2. The van der Waals surface area contributed by atoms with Gasteiger partial charge in [-0.2, -0.15) is 0 Å². The minimum absolute atomic E-state index is 0.105. The summed E-state index contributed by atoms with van der Waals surface area (Å²) in [6.07, 6.45) is 1.22. The number of likely N-dealkylation sites (N-methyl/N-ethyl adjacent to an activating group) is 1. The molecule has 0 fully saturated rings. The van der Waals surface area contributed by atoms with Crippen LogP contribution in [0.3, 0.4) is 0 Å². The van der Waals surface area contributed by atoms with E-state index in [9.17, 15) is 9.59 Å². The Balaban J connectivity index is 1.74. The van der Waals surface area contributed by atoms with Gasteiger partial charge in [-0.1, -0.05) is 60.7 Å². The molecule has 6 nitrogen and oxygen atoms in total. The molecule has 180 valence electrons. The summed E-state index contributed by atoms with van der Waals surface area (Å²) in [4.78, 5) is 25.6. The molecule has 0 spiro atoms. The summed E-state index contributed by atoms with van der Waals surface area (Å²) in [5.41, 5.74) is 0.419. The maximum absolute atomic E-state index is 13.6. The highest BCUT2D eigenvalue weighted by Crippen LogP contribution is 2.24. The van der Waals surface area contributed by atoms with Gasteiger partial charge in [0.2, 0.25) is 5.91 Å². The number of carbonyl (C=O) groups is 2. The smallest absolute Gasteiger partial charge is 0.407 e. The van der Waals surface area contributed by atoms with E-state index >= 15 is 0 Å². The zero-order valence-corrected chi connectivity index (χ0v) is 20.5. The zero-order chi connectivity index (χ0) is 24.6. The molecule has 3 aromatic carbocycles. The van der Waals surface area contributed by atoms with E-state index in [4.69, 9.17) is 4.74 Å². The molecule has 0 aliphatic rings. The lowest BCUT2D eigenvalue weighted by Gasteiger charge is -2.33. The average molecular weight is 462 g/mol. The molecule has 1 atom stereocenters. The molecule has 0 aliphatic carbocycles. The van der Waals surface area contributed by atoms with Crippen molar-refractivity contribution < 1.29 is 14.3 Å². The fraction of sp³-hybridized carbons (Fsp3) is 0.357. The molecule has 0 radical (unpaired) electrons. The summed E-state index contributed by atoms with van der Waals surface area (Å²) in [5, 5.41) is 11.4. The number of hydrogen-bond donors (Lipinski definition) is 3. The van der Waals surface area contributed by atoms with E-state index in [2.05, 4.69) is 16.0 Å². The first-order chi connectivity index (χ1) is 16.2. The maximum atomic E-state index is 13.6. The van der Waals surface area contributed by atoms with E-state index in [0.29, 0.717) is 25.8 Å². The molecule has 0 heterocycles. The molecule has 3 rings (SSSR count). The molecular formula is C28H35N3O3. The van der Waals surface area contributed by atoms with Crippen molar-refractivity contribution in [3.63, 3.8) is 0 Å². The summed E-state index contributed by atoms with van der Waals surface area (Å²) in [5.74, 6) is -0.105. The van der Waals surface area contributed by atoms with Crippen LogP contribution in [0.5, 0.6) is 0 Å². The van der Waals surface area contributed by atoms with Gasteiger partial charge in [-0.3, -0.25) is 4.79 Å². The second-order valence-corrected chi connectivity index (χ2v) is 9.54. The van der Waals surface area contributed by atoms with Crippen molar-refractivity contribution in [1.29, 1.82) is 0 Å². The Hall–Kier alpha value is -3.38. The number of amides is 2. The van der Waals surface area contributed by atoms with Crippen LogP contribution in [0.1, 0.15) is 39.2 Å². The molecule has 6 heteroatoms. The summed E-state index contributed by atoms with van der Waals surface area (Å²) >= 11 is 0. The first kappa shape index (κ1) is 25.2. The second kappa shape index (κ2) is 11.2. The van der Waals surface area contributed by atoms with E-state index in [-0.39, 0.29) is 5.91 Å². The minimum Gasteiger partial charge on any atom is -0.444 e. The molecule has 3 aromatic rings. The van der Waals surface area contributed by atoms with Crippen LogP contribution in [0.25, 0.3) is 10.8 Å². The van der Waals surface area contributed by atoms with Gasteiger partial charge in [0, 0.05) is 12.2 Å². The lowest BCUT2D eigenvalue weighted by Crippen LogP contribution is -2.55. The van der Waals surface area contributed by atoms with Crippen LogP contribution >= 0.6 is 0 Å². The number of alkyl carbamates (subject to hydrolysis) is 1. The van der Waals surface area contributed by atoms with Crippen LogP contribution in [0.2, 0.25) is 0 Å². The number of fused-ring (bicyclic) bond motifs is 1. The fourth-order valence-electron chi connectivity index (χ4n) is 3.97. The lowest BCUT2D eigenvalue weighted by molar-refractivity contribution is -0.122. The number of rotatable bonds is 9. The average Bonchev–Trinajstić information content (AvgIpc) is 2.80. The van der Waals surface area contributed by atoms with Gasteiger partial charge >= 0.3 is 6.09 Å².